The number of fused-ring (bicyclic) bond motifs is 1. The maximum absolute atomic E-state index is 13.0. The molecule has 186 valence electrons. The van der Waals surface area contributed by atoms with Crippen LogP contribution >= 0.6 is 0 Å². The van der Waals surface area contributed by atoms with E-state index in [0.29, 0.717) is 30.9 Å². The molecule has 0 unspecified atom stereocenters. The SMILES string of the molecule is CC1(C)Cc2cccc(OCCCS(=O)(=O)N3CCN(c4cccc(C(F)(F)F)c4)CC3)c2O1. The second-order valence-electron chi connectivity index (χ2n) is 9.24. The van der Waals surface area contributed by atoms with Crippen molar-refractivity contribution in [2.45, 2.75) is 38.5 Å². The molecular weight excluding hydrogens is 469 g/mol. The van der Waals surface area contributed by atoms with Crippen molar-refractivity contribution in [3.63, 3.8) is 0 Å². The maximum atomic E-state index is 13.0. The molecule has 0 spiro atoms. The Kier molecular flexibility index (Phi) is 6.74. The van der Waals surface area contributed by atoms with Gasteiger partial charge in [-0.3, -0.25) is 0 Å². The van der Waals surface area contributed by atoms with Crippen molar-refractivity contribution < 1.29 is 31.1 Å². The van der Waals surface area contributed by atoms with Crippen LogP contribution in [-0.4, -0.2) is 56.9 Å². The van der Waals surface area contributed by atoms with Crippen LogP contribution in [0.2, 0.25) is 0 Å². The number of hydrogen-bond donors (Lipinski definition) is 0. The van der Waals surface area contributed by atoms with Crippen LogP contribution in [0.1, 0.15) is 31.4 Å². The molecule has 2 aromatic rings. The van der Waals surface area contributed by atoms with E-state index in [1.165, 1.54) is 10.4 Å². The van der Waals surface area contributed by atoms with Gasteiger partial charge in [0.05, 0.1) is 17.9 Å². The van der Waals surface area contributed by atoms with E-state index in [1.54, 1.807) is 11.0 Å². The third-order valence-corrected chi connectivity index (χ3v) is 7.99. The lowest BCUT2D eigenvalue weighted by molar-refractivity contribution is -0.137. The predicted molar refractivity (Wildman–Crippen MR) is 124 cm³/mol. The number of nitrogens with zero attached hydrogens (tertiary/aromatic N) is 2. The molecule has 0 atom stereocenters. The molecule has 4 rings (SSSR count). The summed E-state index contributed by atoms with van der Waals surface area (Å²) in [6, 6.07) is 10.8. The van der Waals surface area contributed by atoms with Crippen LogP contribution in [0, 0.1) is 0 Å². The van der Waals surface area contributed by atoms with E-state index in [0.717, 1.165) is 29.9 Å². The molecular formula is C24H29F3N2O4S. The number of piperazine rings is 1. The highest BCUT2D eigenvalue weighted by Gasteiger charge is 2.33. The third kappa shape index (κ3) is 5.60. The van der Waals surface area contributed by atoms with Crippen molar-refractivity contribution in [2.75, 3.05) is 43.4 Å². The number of rotatable bonds is 7. The minimum atomic E-state index is -4.41. The zero-order chi connectivity index (χ0) is 24.6. The van der Waals surface area contributed by atoms with Gasteiger partial charge in [0.25, 0.3) is 0 Å². The summed E-state index contributed by atoms with van der Waals surface area (Å²) in [6.45, 7) is 5.39. The van der Waals surface area contributed by atoms with E-state index < -0.39 is 21.8 Å². The Bertz CT molecular complexity index is 1130. The van der Waals surface area contributed by atoms with E-state index in [9.17, 15) is 21.6 Å². The summed E-state index contributed by atoms with van der Waals surface area (Å²) in [5.41, 5.74) is 0.523. The molecule has 10 heteroatoms. The molecule has 34 heavy (non-hydrogen) atoms. The number of ether oxygens (including phenoxy) is 2. The van der Waals surface area contributed by atoms with Crippen LogP contribution in [0.4, 0.5) is 18.9 Å². The summed E-state index contributed by atoms with van der Waals surface area (Å²) in [5, 5.41) is 0. The van der Waals surface area contributed by atoms with Crippen molar-refractivity contribution >= 4 is 15.7 Å². The zero-order valence-electron chi connectivity index (χ0n) is 19.3. The van der Waals surface area contributed by atoms with Crippen LogP contribution in [0.3, 0.4) is 0 Å². The lowest BCUT2D eigenvalue weighted by Crippen LogP contribution is -2.49. The first-order valence-electron chi connectivity index (χ1n) is 11.3. The molecule has 0 amide bonds. The van der Waals surface area contributed by atoms with Crippen molar-refractivity contribution in [1.29, 1.82) is 0 Å². The van der Waals surface area contributed by atoms with Crippen molar-refractivity contribution in [2.24, 2.45) is 0 Å². The fraction of sp³-hybridized carbons (Fsp3) is 0.500. The Labute approximate surface area is 198 Å². The van der Waals surface area contributed by atoms with E-state index in [4.69, 9.17) is 9.47 Å². The van der Waals surface area contributed by atoms with E-state index >= 15 is 0 Å². The Balaban J connectivity index is 1.27. The molecule has 6 nitrogen and oxygen atoms in total. The Morgan fingerprint density at radius 2 is 1.76 bits per heavy atom. The molecule has 2 aliphatic rings. The first-order valence-corrected chi connectivity index (χ1v) is 12.9. The molecule has 1 fully saturated rings. The topological polar surface area (TPSA) is 59.1 Å². The van der Waals surface area contributed by atoms with Gasteiger partial charge in [-0.05, 0) is 44.5 Å². The largest absolute Gasteiger partial charge is 0.490 e. The van der Waals surface area contributed by atoms with Gasteiger partial charge < -0.3 is 14.4 Å². The molecule has 2 aliphatic heterocycles. The molecule has 0 radical (unpaired) electrons. The number of benzene rings is 2. The van der Waals surface area contributed by atoms with E-state index in [2.05, 4.69) is 0 Å². The van der Waals surface area contributed by atoms with Crippen molar-refractivity contribution in [3.8, 4) is 11.5 Å². The Morgan fingerprint density at radius 3 is 2.47 bits per heavy atom. The van der Waals surface area contributed by atoms with Crippen LogP contribution in [0.15, 0.2) is 42.5 Å². The van der Waals surface area contributed by atoms with Gasteiger partial charge >= 0.3 is 6.18 Å². The van der Waals surface area contributed by atoms with Gasteiger partial charge in [-0.1, -0.05) is 18.2 Å². The molecule has 2 heterocycles. The molecule has 1 saturated heterocycles. The van der Waals surface area contributed by atoms with E-state index in [-0.39, 0.29) is 31.1 Å². The van der Waals surface area contributed by atoms with Crippen LogP contribution < -0.4 is 14.4 Å². The number of anilines is 1. The minimum absolute atomic E-state index is 0.0576. The molecule has 0 aromatic heterocycles. The third-order valence-electron chi connectivity index (χ3n) is 6.03. The first-order chi connectivity index (χ1) is 15.9. The highest BCUT2D eigenvalue weighted by atomic mass is 32.2. The van der Waals surface area contributed by atoms with Crippen LogP contribution in [0.25, 0.3) is 0 Å². The lowest BCUT2D eigenvalue weighted by atomic mass is 10.0. The fourth-order valence-corrected chi connectivity index (χ4v) is 5.82. The Hall–Kier alpha value is -2.46. The lowest BCUT2D eigenvalue weighted by Gasteiger charge is -2.35. The van der Waals surface area contributed by atoms with Gasteiger partial charge in [-0.15, -0.1) is 0 Å². The normalized spacial score (nSPS) is 18.4. The highest BCUT2D eigenvalue weighted by Crippen LogP contribution is 2.41. The van der Waals surface area contributed by atoms with Crippen molar-refractivity contribution in [1.82, 2.24) is 4.31 Å². The first kappa shape index (κ1) is 24.7. The smallest absolute Gasteiger partial charge is 0.416 e. The summed E-state index contributed by atoms with van der Waals surface area (Å²) in [6.07, 6.45) is -3.30. The molecule has 0 aliphatic carbocycles. The minimum Gasteiger partial charge on any atom is -0.490 e. The number of alkyl halides is 3. The van der Waals surface area contributed by atoms with Crippen molar-refractivity contribution in [3.05, 3.63) is 53.6 Å². The van der Waals surface area contributed by atoms with Gasteiger partial charge in [0, 0.05) is 43.9 Å². The Morgan fingerprint density at radius 1 is 1.06 bits per heavy atom. The average molecular weight is 499 g/mol. The summed E-state index contributed by atoms with van der Waals surface area (Å²) < 4.78 is 77.7. The summed E-state index contributed by atoms with van der Waals surface area (Å²) in [4.78, 5) is 1.78. The highest BCUT2D eigenvalue weighted by molar-refractivity contribution is 7.89. The van der Waals surface area contributed by atoms with Gasteiger partial charge in [0.15, 0.2) is 11.5 Å². The molecule has 2 aromatic carbocycles. The molecule has 0 saturated carbocycles. The zero-order valence-corrected chi connectivity index (χ0v) is 20.1. The fourth-order valence-electron chi connectivity index (χ4n) is 4.36. The van der Waals surface area contributed by atoms with Gasteiger partial charge in [0.2, 0.25) is 10.0 Å². The second kappa shape index (κ2) is 9.30. The summed E-state index contributed by atoms with van der Waals surface area (Å²) in [5.74, 6) is 1.29. The quantitative estimate of drug-likeness (QED) is 0.532. The number of sulfonamides is 1. The average Bonchev–Trinajstić information content (AvgIpc) is 3.11. The molecule has 0 bridgehead atoms. The predicted octanol–water partition coefficient (Wildman–Crippen LogP) is 4.34. The van der Waals surface area contributed by atoms with Gasteiger partial charge in [-0.25, -0.2) is 8.42 Å². The van der Waals surface area contributed by atoms with Crippen LogP contribution in [0.5, 0.6) is 11.5 Å². The molecule has 0 N–H and O–H groups in total. The van der Waals surface area contributed by atoms with Gasteiger partial charge in [0.1, 0.15) is 5.60 Å². The standard InChI is InChI=1S/C24H29F3N2O4S/c1-23(2)17-18-6-3-9-21(22(18)33-23)32-14-5-15-34(30,31)29-12-10-28(11-13-29)20-8-4-7-19(16-20)24(25,26)27/h3-4,6-9,16H,5,10-15,17H2,1-2H3. The van der Waals surface area contributed by atoms with Gasteiger partial charge in [-0.2, -0.15) is 17.5 Å². The summed E-state index contributed by atoms with van der Waals surface area (Å²) >= 11 is 0. The van der Waals surface area contributed by atoms with Crippen LogP contribution in [-0.2, 0) is 22.6 Å². The maximum Gasteiger partial charge on any atom is 0.416 e. The number of halogens is 3. The monoisotopic (exact) mass is 498 g/mol. The number of hydrogen-bond acceptors (Lipinski definition) is 5. The van der Waals surface area contributed by atoms with E-state index in [1.807, 2.05) is 32.0 Å². The summed E-state index contributed by atoms with van der Waals surface area (Å²) in [7, 11) is -3.49. The number of para-hydroxylation sites is 1. The second-order valence-corrected chi connectivity index (χ2v) is 11.3.